The van der Waals surface area contributed by atoms with Gasteiger partial charge in [-0.3, -0.25) is 23.2 Å². The molecule has 2 heterocycles. The van der Waals surface area contributed by atoms with Gasteiger partial charge in [-0.05, 0) is 89.5 Å². The summed E-state index contributed by atoms with van der Waals surface area (Å²) in [5.74, 6) is -1.67. The number of unbranched alkanes of at least 4 members (excludes halogenated alkanes) is 4. The van der Waals surface area contributed by atoms with E-state index in [0.29, 0.717) is 25.7 Å². The van der Waals surface area contributed by atoms with Gasteiger partial charge in [-0.2, -0.15) is 9.29 Å². The largest absolute Gasteiger partial charge is 0.481 e. The lowest BCUT2D eigenvalue weighted by Gasteiger charge is -2.21. The molecule has 8 atom stereocenters. The van der Waals surface area contributed by atoms with Crippen LogP contribution >= 0.6 is 15.6 Å². The molecule has 19 nitrogen and oxygen atoms in total. The number of nitrogens with two attached hydrogens (primary N) is 1. The molecule has 0 radical (unpaired) electrons. The van der Waals surface area contributed by atoms with E-state index in [1.807, 2.05) is 30.4 Å². The van der Waals surface area contributed by atoms with Crippen molar-refractivity contribution >= 4 is 33.4 Å². The molecule has 1 aromatic rings. The van der Waals surface area contributed by atoms with Crippen LogP contribution in [0.4, 0.5) is 5.82 Å². The van der Waals surface area contributed by atoms with E-state index in [1.54, 1.807) is 12.2 Å². The van der Waals surface area contributed by atoms with Gasteiger partial charge in [0.2, 0.25) is 0 Å². The molecular formula is C54H81N3O16P2. The van der Waals surface area contributed by atoms with Gasteiger partial charge in [0.25, 0.3) is 0 Å². The minimum atomic E-state index is -5.50. The van der Waals surface area contributed by atoms with Crippen LogP contribution in [-0.4, -0.2) is 96.9 Å². The van der Waals surface area contributed by atoms with Crippen molar-refractivity contribution in [3.05, 3.63) is 144 Å². The zero-order valence-electron chi connectivity index (χ0n) is 43.4. The van der Waals surface area contributed by atoms with Crippen LogP contribution in [0.1, 0.15) is 129 Å². The quantitative estimate of drug-likeness (QED) is 0.0117. The third-order valence-corrected chi connectivity index (χ3v) is 13.2. The van der Waals surface area contributed by atoms with Crippen LogP contribution in [-0.2, 0) is 46.3 Å². The Morgan fingerprint density at radius 3 is 1.84 bits per heavy atom. The lowest BCUT2D eigenvalue weighted by molar-refractivity contribution is -0.161. The van der Waals surface area contributed by atoms with Gasteiger partial charge >= 0.3 is 33.3 Å². The van der Waals surface area contributed by atoms with Gasteiger partial charge in [0.1, 0.15) is 30.7 Å². The average molecular weight is 1090 g/mol. The van der Waals surface area contributed by atoms with Crippen molar-refractivity contribution in [2.75, 3.05) is 25.6 Å². The number of rotatable bonds is 40. The molecule has 1 saturated heterocycles. The van der Waals surface area contributed by atoms with Crippen molar-refractivity contribution in [3.8, 4) is 0 Å². The number of allylic oxidation sites excluding steroid dienone is 19. The standard InChI is InChI=1S/C54H81N3O16P2/c1-3-5-7-9-11-13-15-17-19-21-23-25-27-29-31-33-35-37-50(60)71-46(42-68-49(59)39-38-45(58)36-34-32-30-28-26-24-22-20-18-16-14-12-10-8-6-4-2)43-69-74(64,65)73-75(66,67)70-44-47-51(61)52(62)53(72-47)57-41-40-48(55)56-54(57)63/h6,8,11-14,17-20,23-26,29-32,34,36,40-41,45-47,51-53,58,61-62H,3-5,7,9-10,15-16,21-22,27-28,33,35,37-39,42-44H2,1-2H3,(H,64,65)(H,66,67)(H2,55,56,63)/b8-6-,13-11-,14-12-,19-17-,20-18-,25-23-,26-24-,31-29-,32-30-,36-34-/t45?,46-,47-,51-,52-,53-/m1/s1. The maximum absolute atomic E-state index is 12.9. The van der Waals surface area contributed by atoms with Crippen LogP contribution < -0.4 is 11.4 Å². The minimum Gasteiger partial charge on any atom is -0.462 e. The van der Waals surface area contributed by atoms with Gasteiger partial charge in [0.05, 0.1) is 19.3 Å². The van der Waals surface area contributed by atoms with Crippen LogP contribution in [0.5, 0.6) is 0 Å². The second-order valence-electron chi connectivity index (χ2n) is 17.1. The normalized spacial score (nSPS) is 20.2. The molecule has 0 amide bonds. The fourth-order valence-corrected chi connectivity index (χ4v) is 8.76. The summed E-state index contributed by atoms with van der Waals surface area (Å²) < 4.78 is 56.5. The molecule has 0 aliphatic carbocycles. The Kier molecular flexibility index (Phi) is 35.7. The van der Waals surface area contributed by atoms with Crippen LogP contribution in [0.25, 0.3) is 0 Å². The molecule has 1 aromatic heterocycles. The molecule has 1 aliphatic heterocycles. The molecule has 21 heteroatoms. The topological polar surface area (TPSA) is 286 Å². The number of esters is 2. The van der Waals surface area contributed by atoms with Crippen molar-refractivity contribution in [1.82, 2.24) is 9.55 Å². The summed E-state index contributed by atoms with van der Waals surface area (Å²) in [5, 5.41) is 31.3. The van der Waals surface area contributed by atoms with E-state index in [-0.39, 0.29) is 25.1 Å². The highest BCUT2D eigenvalue weighted by atomic mass is 31.3. The number of aliphatic hydroxyl groups excluding tert-OH is 3. The Labute approximate surface area is 442 Å². The highest BCUT2D eigenvalue weighted by Crippen LogP contribution is 2.60. The van der Waals surface area contributed by atoms with Gasteiger partial charge in [0, 0.05) is 19.0 Å². The molecule has 3 unspecified atom stereocenters. The van der Waals surface area contributed by atoms with Crippen molar-refractivity contribution in [2.24, 2.45) is 0 Å². The maximum Gasteiger partial charge on any atom is 0.481 e. The number of carbonyl (C=O) groups is 2. The van der Waals surface area contributed by atoms with Crippen LogP contribution in [0.15, 0.2) is 139 Å². The predicted octanol–water partition coefficient (Wildman–Crippen LogP) is 9.74. The molecule has 0 saturated carbocycles. The van der Waals surface area contributed by atoms with Crippen molar-refractivity contribution in [2.45, 2.75) is 160 Å². The number of aliphatic hydroxyl groups is 3. The van der Waals surface area contributed by atoms with E-state index in [0.717, 1.165) is 55.7 Å². The maximum atomic E-state index is 12.9. The number of carbonyl (C=O) groups excluding carboxylic acids is 2. The first-order chi connectivity index (χ1) is 36.1. The molecular weight excluding hydrogens is 1010 g/mol. The molecule has 1 fully saturated rings. The smallest absolute Gasteiger partial charge is 0.462 e. The molecule has 0 spiro atoms. The van der Waals surface area contributed by atoms with Gasteiger partial charge in [-0.25, -0.2) is 13.9 Å². The lowest BCUT2D eigenvalue weighted by atomic mass is 10.1. The summed E-state index contributed by atoms with van der Waals surface area (Å²) in [7, 11) is -11.0. The van der Waals surface area contributed by atoms with E-state index in [9.17, 15) is 48.6 Å². The molecule has 0 aromatic carbocycles. The Morgan fingerprint density at radius 2 is 1.27 bits per heavy atom. The first-order valence-corrected chi connectivity index (χ1v) is 28.6. The number of anilines is 1. The van der Waals surface area contributed by atoms with Crippen LogP contribution in [0.2, 0.25) is 0 Å². The Bertz CT molecular complexity index is 2250. The Balaban J connectivity index is 1.89. The summed E-state index contributed by atoms with van der Waals surface area (Å²) in [5.41, 5.74) is 4.56. The highest BCUT2D eigenvalue weighted by molar-refractivity contribution is 7.61. The third kappa shape index (κ3) is 33.0. The summed E-state index contributed by atoms with van der Waals surface area (Å²) in [6, 6.07) is 1.23. The number of hydrogen-bond donors (Lipinski definition) is 6. The first-order valence-electron chi connectivity index (χ1n) is 25.7. The molecule has 1 aliphatic rings. The van der Waals surface area contributed by atoms with Gasteiger partial charge in [-0.15, -0.1) is 0 Å². The number of nitrogen functional groups attached to an aromatic ring is 1. The Morgan fingerprint density at radius 1 is 0.720 bits per heavy atom. The summed E-state index contributed by atoms with van der Waals surface area (Å²) in [6.07, 6.45) is 44.7. The summed E-state index contributed by atoms with van der Waals surface area (Å²) in [4.78, 5) is 61.9. The van der Waals surface area contributed by atoms with Crippen molar-refractivity contribution < 1.29 is 71.4 Å². The fourth-order valence-electron chi connectivity index (χ4n) is 6.65. The van der Waals surface area contributed by atoms with E-state index < -0.39 is 89.8 Å². The molecule has 7 N–H and O–H groups in total. The van der Waals surface area contributed by atoms with Gasteiger partial charge in [0.15, 0.2) is 12.3 Å². The van der Waals surface area contributed by atoms with Gasteiger partial charge in [-0.1, -0.05) is 148 Å². The van der Waals surface area contributed by atoms with Crippen molar-refractivity contribution in [3.63, 3.8) is 0 Å². The fraction of sp³-hybridized carbons (Fsp3) is 0.519. The zero-order chi connectivity index (χ0) is 55.0. The molecule has 0 bridgehead atoms. The lowest BCUT2D eigenvalue weighted by Crippen LogP contribution is -2.36. The van der Waals surface area contributed by atoms with Crippen LogP contribution in [0, 0.1) is 0 Å². The van der Waals surface area contributed by atoms with Crippen molar-refractivity contribution in [1.29, 1.82) is 0 Å². The molecule has 2 rings (SSSR count). The van der Waals surface area contributed by atoms with Crippen LogP contribution in [0.3, 0.4) is 0 Å². The number of hydrogen-bond acceptors (Lipinski definition) is 16. The molecule has 75 heavy (non-hydrogen) atoms. The number of nitrogens with zero attached hydrogens (tertiary/aromatic N) is 2. The summed E-state index contributed by atoms with van der Waals surface area (Å²) in [6.45, 7) is 1.71. The van der Waals surface area contributed by atoms with E-state index in [2.05, 4.69) is 96.1 Å². The highest BCUT2D eigenvalue weighted by Gasteiger charge is 2.46. The van der Waals surface area contributed by atoms with E-state index in [1.165, 1.54) is 31.4 Å². The predicted molar refractivity (Wildman–Crippen MR) is 290 cm³/mol. The number of aromatic nitrogens is 2. The number of ether oxygens (including phenoxy) is 3. The third-order valence-electron chi connectivity index (χ3n) is 10.6. The average Bonchev–Trinajstić information content (AvgIpc) is 3.65. The number of phosphoric acid groups is 2. The van der Waals surface area contributed by atoms with E-state index >= 15 is 0 Å². The second-order valence-corrected chi connectivity index (χ2v) is 20.2. The van der Waals surface area contributed by atoms with E-state index in [4.69, 9.17) is 29.0 Å². The number of phosphoric ester groups is 2. The first kappa shape index (κ1) is 66.2. The zero-order valence-corrected chi connectivity index (χ0v) is 45.2. The SMILES string of the molecule is CC/C=C\C/C=C\C/C=C\C/C=C\C/C=C\C=C/C(O)CCC(=O)OC[C@H](COP(=O)(O)OP(=O)(O)OC[C@H]1O[C@@H](n2ccc(N)nc2=O)[C@H](O)[C@@H]1O)OC(=O)CCC/C=C\C/C=C\C/C=C\C/C=C\CCCCC. The monoisotopic (exact) mass is 1090 g/mol. The molecule has 418 valence electrons. The summed E-state index contributed by atoms with van der Waals surface area (Å²) >= 11 is 0. The Hall–Kier alpha value is -4.88. The van der Waals surface area contributed by atoms with Gasteiger partial charge < -0.3 is 45.1 Å². The second kappa shape index (κ2) is 40.4. The minimum absolute atomic E-state index is 0.0103.